The van der Waals surface area contributed by atoms with Crippen LogP contribution in [0, 0.1) is 0 Å². The van der Waals surface area contributed by atoms with Crippen molar-refractivity contribution < 1.29 is 52.2 Å². The maximum atomic E-state index is 13.9. The van der Waals surface area contributed by atoms with Crippen molar-refractivity contribution in [3.8, 4) is 28.7 Å². The van der Waals surface area contributed by atoms with Gasteiger partial charge >= 0.3 is 0 Å². The van der Waals surface area contributed by atoms with Gasteiger partial charge in [0.1, 0.15) is 12.4 Å². The second-order valence-electron chi connectivity index (χ2n) is 16.5. The first-order chi connectivity index (χ1) is 34.3. The van der Waals surface area contributed by atoms with Crippen LogP contribution in [0.3, 0.4) is 0 Å². The summed E-state index contributed by atoms with van der Waals surface area (Å²) in [5.74, 6) is 2.40. The number of nitrogens with two attached hydrogens (primary N) is 1. The van der Waals surface area contributed by atoms with Crippen molar-refractivity contribution in [1.82, 2.24) is 9.80 Å². The highest BCUT2D eigenvalue weighted by Gasteiger charge is 2.35. The molecule has 2 amide bonds. The molecule has 2 N–H and O–H groups in total. The van der Waals surface area contributed by atoms with Crippen molar-refractivity contribution in [2.75, 3.05) is 93.1 Å². The minimum Gasteiger partial charge on any atom is -0.493 e. The second kappa shape index (κ2) is 25.8. The summed E-state index contributed by atoms with van der Waals surface area (Å²) >= 11 is 0. The summed E-state index contributed by atoms with van der Waals surface area (Å²) in [6.45, 7) is 8.85. The van der Waals surface area contributed by atoms with E-state index in [0.29, 0.717) is 130 Å². The van der Waals surface area contributed by atoms with Gasteiger partial charge in [-0.1, -0.05) is 38.1 Å². The fraction of sp³-hybridized carbons (Fsp3) is 0.407. The first-order valence-corrected chi connectivity index (χ1v) is 24.0. The van der Waals surface area contributed by atoms with Crippen LogP contribution in [0.5, 0.6) is 28.7 Å². The zero-order chi connectivity index (χ0) is 49.2. The Labute approximate surface area is 410 Å². The van der Waals surface area contributed by atoms with Crippen LogP contribution in [0.2, 0.25) is 0 Å². The second-order valence-corrected chi connectivity index (χ2v) is 16.5. The van der Waals surface area contributed by atoms with Crippen LogP contribution in [0.15, 0.2) is 95.2 Å². The van der Waals surface area contributed by atoms with E-state index in [9.17, 15) is 9.59 Å². The number of aliphatic imine (C=N–C) groups is 2. The normalized spacial score (nSPS) is 16.5. The highest BCUT2D eigenvalue weighted by Crippen LogP contribution is 2.42. The molecule has 8 rings (SSSR count). The number of nitrogen functional groups attached to an aromatic ring is 1. The Hall–Kier alpha value is -6.72. The lowest BCUT2D eigenvalue weighted by Gasteiger charge is -2.19. The maximum absolute atomic E-state index is 13.9. The lowest BCUT2D eigenvalue weighted by atomic mass is 10.0. The summed E-state index contributed by atoms with van der Waals surface area (Å²) in [6, 6.07) is 22.0. The topological polar surface area (TPSA) is 174 Å². The van der Waals surface area contributed by atoms with Crippen molar-refractivity contribution in [2.45, 2.75) is 58.0 Å². The summed E-state index contributed by atoms with van der Waals surface area (Å²) in [5, 5.41) is 0. The molecule has 0 fully saturated rings. The summed E-state index contributed by atoms with van der Waals surface area (Å²) in [6.07, 6.45) is 11.1. The van der Waals surface area contributed by atoms with Gasteiger partial charge in [0.25, 0.3) is 11.8 Å². The number of unbranched alkanes of at least 4 members (excludes halogenated alkanes) is 2. The van der Waals surface area contributed by atoms with E-state index < -0.39 is 0 Å². The van der Waals surface area contributed by atoms with Crippen LogP contribution in [0.1, 0.15) is 77.8 Å². The molecule has 0 saturated heterocycles. The average Bonchev–Trinajstić information content (AvgIpc) is 3.97. The van der Waals surface area contributed by atoms with Gasteiger partial charge in [-0.25, -0.2) is 0 Å². The standard InChI is InChI=1S/C52H59N5O11.C2H6/c1-60-17-18-63-19-20-64-21-22-65-23-24-66-42-13-9-36(10-14-42)38-26-41-32-55-46-30-50(48(62-3)28-44(46)52(59)57(41)34-38)68-16-6-4-5-15-67-49-29-45-43(27-47(49)61-2)51(58)56-33-37(25-40(56)31-54-45)35-7-11-39(53)12-8-35;1-2/h7-14,27-34,40-41H,4-6,15-26,53H2,1-3H3;1-2H3. The fourth-order valence-electron chi connectivity index (χ4n) is 8.25. The van der Waals surface area contributed by atoms with E-state index in [2.05, 4.69) is 0 Å². The number of methoxy groups -OCH3 is 3. The van der Waals surface area contributed by atoms with Crippen molar-refractivity contribution in [1.29, 1.82) is 0 Å². The zero-order valence-corrected chi connectivity index (χ0v) is 40.9. The minimum absolute atomic E-state index is 0.145. The molecule has 2 unspecified atom stereocenters. The quantitative estimate of drug-likeness (QED) is 0.0494. The van der Waals surface area contributed by atoms with Gasteiger partial charge in [0.2, 0.25) is 0 Å². The summed E-state index contributed by atoms with van der Waals surface area (Å²) in [7, 11) is 4.76. The van der Waals surface area contributed by atoms with E-state index in [1.54, 1.807) is 55.4 Å². The Balaban J connectivity index is 0.00000356. The number of fused-ring (bicyclic) bond motifs is 4. The third-order valence-corrected chi connectivity index (χ3v) is 11.9. The molecule has 372 valence electrons. The number of benzene rings is 4. The molecule has 4 aromatic carbocycles. The summed E-state index contributed by atoms with van der Waals surface area (Å²) in [4.78, 5) is 40.6. The number of anilines is 1. The number of amides is 2. The molecule has 0 spiro atoms. The SMILES string of the molecule is CC.COCCOCCOCCOCCOc1ccc(C2=CN3C(=O)c4cc(OC)c(OCCCCCOc5cc6c(cc5OC)C(=O)N5C=C(c7ccc(N)cc7)CC5C=N6)cc4N=CC3C2)cc1. The van der Waals surface area contributed by atoms with Gasteiger partial charge < -0.3 is 58.2 Å². The average molecular weight is 960 g/mol. The molecule has 0 aromatic heterocycles. The van der Waals surface area contributed by atoms with E-state index in [0.717, 1.165) is 47.3 Å². The van der Waals surface area contributed by atoms with Gasteiger partial charge in [-0.05, 0) is 77.9 Å². The van der Waals surface area contributed by atoms with Crippen LogP contribution < -0.4 is 29.4 Å². The monoisotopic (exact) mass is 959 g/mol. The lowest BCUT2D eigenvalue weighted by Crippen LogP contribution is -2.32. The molecule has 4 aromatic rings. The van der Waals surface area contributed by atoms with Crippen LogP contribution in [0.4, 0.5) is 17.1 Å². The van der Waals surface area contributed by atoms with Crippen LogP contribution in [-0.2, 0) is 18.9 Å². The summed E-state index contributed by atoms with van der Waals surface area (Å²) < 4.78 is 51.0. The molecule has 4 aliphatic rings. The van der Waals surface area contributed by atoms with E-state index in [-0.39, 0.29) is 23.9 Å². The number of hydrogen-bond acceptors (Lipinski definition) is 14. The molecule has 16 heteroatoms. The molecule has 0 aliphatic carbocycles. The van der Waals surface area contributed by atoms with Crippen LogP contribution >= 0.6 is 0 Å². The van der Waals surface area contributed by atoms with E-state index in [1.807, 2.05) is 87.2 Å². The number of ether oxygens (including phenoxy) is 9. The minimum atomic E-state index is -0.228. The van der Waals surface area contributed by atoms with Crippen LogP contribution in [0.25, 0.3) is 11.1 Å². The molecule has 2 atom stereocenters. The van der Waals surface area contributed by atoms with Gasteiger partial charge in [-0.3, -0.25) is 19.6 Å². The van der Waals surface area contributed by atoms with E-state index >= 15 is 0 Å². The first kappa shape index (κ1) is 51.1. The predicted molar refractivity (Wildman–Crippen MR) is 271 cm³/mol. The van der Waals surface area contributed by atoms with Crippen molar-refractivity contribution in [3.05, 3.63) is 107 Å². The molecule has 70 heavy (non-hydrogen) atoms. The first-order valence-electron chi connectivity index (χ1n) is 24.0. The molecular formula is C54H65N5O11. The molecule has 16 nitrogen and oxygen atoms in total. The highest BCUT2D eigenvalue weighted by atomic mass is 16.6. The van der Waals surface area contributed by atoms with Gasteiger partial charge in [-0.15, -0.1) is 0 Å². The largest absolute Gasteiger partial charge is 0.493 e. The van der Waals surface area contributed by atoms with Crippen molar-refractivity contribution in [2.24, 2.45) is 9.98 Å². The third kappa shape index (κ3) is 12.9. The van der Waals surface area contributed by atoms with E-state index in [1.165, 1.54) is 0 Å². The Morgan fingerprint density at radius 1 is 0.529 bits per heavy atom. The molecular weight excluding hydrogens is 895 g/mol. The van der Waals surface area contributed by atoms with Gasteiger partial charge in [-0.2, -0.15) is 0 Å². The number of hydrogen-bond donors (Lipinski definition) is 1. The fourth-order valence-corrected chi connectivity index (χ4v) is 8.25. The molecule has 0 saturated carbocycles. The highest BCUT2D eigenvalue weighted by molar-refractivity contribution is 6.06. The van der Waals surface area contributed by atoms with Crippen molar-refractivity contribution in [3.63, 3.8) is 0 Å². The van der Waals surface area contributed by atoms with Gasteiger partial charge in [0, 0.05) is 62.6 Å². The predicted octanol–water partition coefficient (Wildman–Crippen LogP) is 8.96. The van der Waals surface area contributed by atoms with Crippen molar-refractivity contribution >= 4 is 52.5 Å². The Morgan fingerprint density at radius 2 is 0.971 bits per heavy atom. The Morgan fingerprint density at radius 3 is 1.43 bits per heavy atom. The lowest BCUT2D eigenvalue weighted by molar-refractivity contribution is 0.000164. The third-order valence-electron chi connectivity index (χ3n) is 11.9. The zero-order valence-electron chi connectivity index (χ0n) is 40.9. The number of carbonyl (C=O) groups is 2. The molecule has 0 bridgehead atoms. The summed E-state index contributed by atoms with van der Waals surface area (Å²) in [5.41, 5.74) is 12.6. The Bertz CT molecular complexity index is 2510. The Kier molecular flexibility index (Phi) is 18.8. The van der Waals surface area contributed by atoms with E-state index in [4.69, 9.17) is 58.4 Å². The number of carbonyl (C=O) groups excluding carboxylic acids is 2. The number of rotatable bonds is 25. The van der Waals surface area contributed by atoms with Gasteiger partial charge in [0.05, 0.1) is 108 Å². The van der Waals surface area contributed by atoms with Crippen LogP contribution in [-0.4, -0.2) is 134 Å². The smallest absolute Gasteiger partial charge is 0.260 e. The molecule has 0 radical (unpaired) electrons. The van der Waals surface area contributed by atoms with Gasteiger partial charge in [0.15, 0.2) is 23.0 Å². The molecule has 4 heterocycles. The maximum Gasteiger partial charge on any atom is 0.260 e. The molecule has 4 aliphatic heterocycles. The number of nitrogens with zero attached hydrogens (tertiary/aromatic N) is 4.